The van der Waals surface area contributed by atoms with Crippen LogP contribution in [0.3, 0.4) is 0 Å². The first-order valence-electron chi connectivity index (χ1n) is 5.02. The van der Waals surface area contributed by atoms with Gasteiger partial charge in [0.1, 0.15) is 5.69 Å². The average Bonchev–Trinajstić information content (AvgIpc) is 2.66. The third-order valence-corrected chi connectivity index (χ3v) is 2.95. The minimum Gasteiger partial charge on any atom is -0.320 e. The Labute approximate surface area is 87.5 Å². The molecule has 0 saturated heterocycles. The fraction of sp³-hybridized carbons (Fsp3) is 0.500. The van der Waals surface area contributed by atoms with E-state index >= 15 is 0 Å². The molecule has 2 rings (SSSR count). The van der Waals surface area contributed by atoms with E-state index in [1.807, 2.05) is 0 Å². The maximum Gasteiger partial charge on any atom is 0.292 e. The summed E-state index contributed by atoms with van der Waals surface area (Å²) in [6.07, 6.45) is 5.17. The molecule has 0 radical (unpaired) electrons. The molecule has 15 heavy (non-hydrogen) atoms. The van der Waals surface area contributed by atoms with Crippen molar-refractivity contribution in [2.45, 2.75) is 31.2 Å². The molecule has 0 aromatic carbocycles. The lowest BCUT2D eigenvalue weighted by molar-refractivity contribution is -0.386. The summed E-state index contributed by atoms with van der Waals surface area (Å²) >= 11 is 0. The molecule has 1 fully saturated rings. The summed E-state index contributed by atoms with van der Waals surface area (Å²) in [6.45, 7) is 0. The van der Waals surface area contributed by atoms with Crippen molar-refractivity contribution in [1.29, 1.82) is 0 Å². The van der Waals surface area contributed by atoms with Crippen LogP contribution in [0.1, 0.15) is 31.4 Å². The second kappa shape index (κ2) is 3.58. The number of hydrogen-bond donors (Lipinski definition) is 1. The Kier molecular flexibility index (Phi) is 2.40. The minimum absolute atomic E-state index is 0.0434. The quantitative estimate of drug-likeness (QED) is 0.591. The van der Waals surface area contributed by atoms with Gasteiger partial charge in [-0.3, -0.25) is 15.1 Å². The number of aromatic nitrogens is 1. The lowest BCUT2D eigenvalue weighted by Crippen LogP contribution is -2.34. The maximum absolute atomic E-state index is 10.8. The Morgan fingerprint density at radius 1 is 1.47 bits per heavy atom. The van der Waals surface area contributed by atoms with Crippen molar-refractivity contribution < 1.29 is 4.92 Å². The normalized spacial score (nSPS) is 19.0. The summed E-state index contributed by atoms with van der Waals surface area (Å²) in [5.74, 6) is 0. The Balaban J connectivity index is 2.47. The summed E-state index contributed by atoms with van der Waals surface area (Å²) < 4.78 is 0. The van der Waals surface area contributed by atoms with E-state index < -0.39 is 10.5 Å². The second-order valence-electron chi connectivity index (χ2n) is 3.99. The largest absolute Gasteiger partial charge is 0.320 e. The highest BCUT2D eigenvalue weighted by molar-refractivity contribution is 5.39. The number of nitrogens with two attached hydrogens (primary N) is 1. The predicted molar refractivity (Wildman–Crippen MR) is 55.2 cm³/mol. The van der Waals surface area contributed by atoms with E-state index in [1.54, 1.807) is 12.3 Å². The Bertz CT molecular complexity index is 386. The van der Waals surface area contributed by atoms with Gasteiger partial charge in [-0.2, -0.15) is 0 Å². The molecule has 5 heteroatoms. The van der Waals surface area contributed by atoms with Gasteiger partial charge in [0, 0.05) is 12.3 Å². The van der Waals surface area contributed by atoms with Crippen molar-refractivity contribution in [2.24, 2.45) is 5.73 Å². The van der Waals surface area contributed by atoms with Gasteiger partial charge in [0.25, 0.3) is 5.69 Å². The fourth-order valence-corrected chi connectivity index (χ4v) is 2.17. The highest BCUT2D eigenvalue weighted by atomic mass is 16.6. The van der Waals surface area contributed by atoms with Gasteiger partial charge in [0.05, 0.1) is 10.5 Å². The van der Waals surface area contributed by atoms with Gasteiger partial charge in [-0.15, -0.1) is 0 Å². The van der Waals surface area contributed by atoms with E-state index in [0.29, 0.717) is 5.69 Å². The van der Waals surface area contributed by atoms with Crippen LogP contribution < -0.4 is 5.73 Å². The number of hydrogen-bond acceptors (Lipinski definition) is 4. The summed E-state index contributed by atoms with van der Waals surface area (Å²) in [5.41, 5.74) is 6.04. The van der Waals surface area contributed by atoms with Crippen LogP contribution in [0.2, 0.25) is 0 Å². The van der Waals surface area contributed by atoms with Gasteiger partial charge in [0.2, 0.25) is 0 Å². The van der Waals surface area contributed by atoms with E-state index in [-0.39, 0.29) is 5.69 Å². The zero-order valence-electron chi connectivity index (χ0n) is 8.35. The van der Waals surface area contributed by atoms with Crippen LogP contribution in [0.5, 0.6) is 0 Å². The lowest BCUT2D eigenvalue weighted by Gasteiger charge is -2.21. The molecule has 0 atom stereocenters. The Hall–Kier alpha value is -1.49. The number of nitro groups is 1. The van der Waals surface area contributed by atoms with E-state index in [2.05, 4.69) is 4.98 Å². The van der Waals surface area contributed by atoms with Crippen LogP contribution in [0.25, 0.3) is 0 Å². The SMILES string of the molecule is NC1(c2ncccc2[N+](=O)[O-])CCCC1. The van der Waals surface area contributed by atoms with E-state index in [1.165, 1.54) is 6.07 Å². The maximum atomic E-state index is 10.8. The van der Waals surface area contributed by atoms with Crippen LogP contribution >= 0.6 is 0 Å². The van der Waals surface area contributed by atoms with Gasteiger partial charge in [-0.25, -0.2) is 0 Å². The first-order chi connectivity index (χ1) is 7.13. The average molecular weight is 207 g/mol. The van der Waals surface area contributed by atoms with Gasteiger partial charge in [-0.05, 0) is 18.9 Å². The molecule has 0 amide bonds. The van der Waals surface area contributed by atoms with Gasteiger partial charge >= 0.3 is 0 Å². The van der Waals surface area contributed by atoms with Gasteiger partial charge in [0.15, 0.2) is 0 Å². The van der Waals surface area contributed by atoms with Crippen LogP contribution in [-0.4, -0.2) is 9.91 Å². The van der Waals surface area contributed by atoms with Crippen molar-refractivity contribution >= 4 is 5.69 Å². The molecule has 0 bridgehead atoms. The summed E-state index contributed by atoms with van der Waals surface area (Å²) in [7, 11) is 0. The molecular weight excluding hydrogens is 194 g/mol. The Morgan fingerprint density at radius 3 is 2.73 bits per heavy atom. The lowest BCUT2D eigenvalue weighted by atomic mass is 9.93. The molecule has 0 unspecified atom stereocenters. The first kappa shape index (κ1) is 10.0. The predicted octanol–water partition coefficient (Wildman–Crippen LogP) is 1.72. The van der Waals surface area contributed by atoms with E-state index in [9.17, 15) is 10.1 Å². The van der Waals surface area contributed by atoms with Crippen molar-refractivity contribution in [2.75, 3.05) is 0 Å². The van der Waals surface area contributed by atoms with Crippen LogP contribution in [-0.2, 0) is 5.54 Å². The van der Waals surface area contributed by atoms with Crippen molar-refractivity contribution in [1.82, 2.24) is 4.98 Å². The zero-order valence-corrected chi connectivity index (χ0v) is 8.35. The number of rotatable bonds is 2. The van der Waals surface area contributed by atoms with E-state index in [4.69, 9.17) is 5.73 Å². The molecule has 0 aliphatic heterocycles. The highest BCUT2D eigenvalue weighted by Crippen LogP contribution is 2.38. The van der Waals surface area contributed by atoms with E-state index in [0.717, 1.165) is 25.7 Å². The molecule has 1 saturated carbocycles. The van der Waals surface area contributed by atoms with Crippen LogP contribution in [0, 0.1) is 10.1 Å². The standard InChI is InChI=1S/C10H13N3O2/c11-10(5-1-2-6-10)9-8(13(14)15)4-3-7-12-9/h3-4,7H,1-2,5-6,11H2. The van der Waals surface area contributed by atoms with Gasteiger partial charge < -0.3 is 5.73 Å². The molecule has 1 aliphatic carbocycles. The molecule has 80 valence electrons. The fourth-order valence-electron chi connectivity index (χ4n) is 2.17. The zero-order chi connectivity index (χ0) is 10.9. The second-order valence-corrected chi connectivity index (χ2v) is 3.99. The third kappa shape index (κ3) is 1.70. The monoisotopic (exact) mass is 207 g/mol. The molecule has 1 heterocycles. The highest BCUT2D eigenvalue weighted by Gasteiger charge is 2.37. The van der Waals surface area contributed by atoms with Crippen LogP contribution in [0.4, 0.5) is 5.69 Å². The Morgan fingerprint density at radius 2 is 2.13 bits per heavy atom. The topological polar surface area (TPSA) is 82.0 Å². The molecular formula is C10H13N3O2. The summed E-state index contributed by atoms with van der Waals surface area (Å²) in [6, 6.07) is 3.04. The number of nitrogens with zero attached hydrogens (tertiary/aromatic N) is 2. The van der Waals surface area contributed by atoms with Crippen molar-refractivity contribution in [3.05, 3.63) is 34.1 Å². The smallest absolute Gasteiger partial charge is 0.292 e. The van der Waals surface area contributed by atoms with Gasteiger partial charge in [-0.1, -0.05) is 12.8 Å². The van der Waals surface area contributed by atoms with Crippen molar-refractivity contribution in [3.63, 3.8) is 0 Å². The third-order valence-electron chi connectivity index (χ3n) is 2.95. The molecule has 5 nitrogen and oxygen atoms in total. The van der Waals surface area contributed by atoms with Crippen LogP contribution in [0.15, 0.2) is 18.3 Å². The minimum atomic E-state index is -0.594. The molecule has 2 N–H and O–H groups in total. The summed E-state index contributed by atoms with van der Waals surface area (Å²) in [5, 5.41) is 10.8. The first-order valence-corrected chi connectivity index (χ1v) is 5.02. The van der Waals surface area contributed by atoms with Crippen molar-refractivity contribution in [3.8, 4) is 0 Å². The summed E-state index contributed by atoms with van der Waals surface area (Å²) in [4.78, 5) is 14.5. The number of pyridine rings is 1. The molecule has 0 spiro atoms. The molecule has 1 aromatic rings. The molecule has 1 aromatic heterocycles. The molecule has 1 aliphatic rings.